The number of nitriles is 1. The van der Waals surface area contributed by atoms with Gasteiger partial charge in [0.05, 0.1) is 19.3 Å². The molecular weight excluding hydrogens is 216 g/mol. The summed E-state index contributed by atoms with van der Waals surface area (Å²) in [5.74, 6) is -2.65. The van der Waals surface area contributed by atoms with E-state index < -0.39 is 22.8 Å². The molecule has 1 saturated heterocycles. The van der Waals surface area contributed by atoms with Crippen molar-refractivity contribution in [1.29, 1.82) is 5.26 Å². The van der Waals surface area contributed by atoms with Crippen LogP contribution in [0.15, 0.2) is 18.2 Å². The van der Waals surface area contributed by atoms with Crippen molar-refractivity contribution in [2.45, 2.75) is 0 Å². The molecule has 0 amide bonds. The Balaban J connectivity index is 2.35. The number of halogens is 2. The average Bonchev–Trinajstić information content (AvgIpc) is 2.21. The summed E-state index contributed by atoms with van der Waals surface area (Å²) in [7, 11) is 0. The van der Waals surface area contributed by atoms with Gasteiger partial charge >= 0.3 is 0 Å². The summed E-state index contributed by atoms with van der Waals surface area (Å²) >= 11 is 0. The van der Waals surface area contributed by atoms with Crippen LogP contribution >= 0.6 is 0 Å². The van der Waals surface area contributed by atoms with Gasteiger partial charge in [0, 0.05) is 5.56 Å². The number of hydrogen-bond donors (Lipinski definition) is 0. The topological polar surface area (TPSA) is 50.1 Å². The molecule has 1 heterocycles. The molecule has 3 nitrogen and oxygen atoms in total. The van der Waals surface area contributed by atoms with Crippen LogP contribution in [0.4, 0.5) is 8.78 Å². The van der Waals surface area contributed by atoms with E-state index in [1.807, 2.05) is 6.07 Å². The summed E-state index contributed by atoms with van der Waals surface area (Å²) in [5, 5.41) is 8.87. The van der Waals surface area contributed by atoms with E-state index in [1.54, 1.807) is 0 Å². The number of nitrogens with zero attached hydrogens (tertiary/aromatic N) is 1. The molecule has 1 aromatic carbocycles. The van der Waals surface area contributed by atoms with Crippen molar-refractivity contribution < 1.29 is 18.3 Å². The molecule has 0 aromatic heterocycles. The van der Waals surface area contributed by atoms with Crippen molar-refractivity contribution in [2.24, 2.45) is 5.41 Å². The van der Waals surface area contributed by atoms with E-state index >= 15 is 0 Å². The Bertz CT molecular complexity index is 489. The minimum Gasteiger partial charge on any atom is -0.377 e. The first-order valence-corrected chi connectivity index (χ1v) is 4.58. The van der Waals surface area contributed by atoms with Gasteiger partial charge in [-0.05, 0) is 18.2 Å². The van der Waals surface area contributed by atoms with Crippen LogP contribution in [0.25, 0.3) is 0 Å². The van der Waals surface area contributed by atoms with Gasteiger partial charge in [-0.3, -0.25) is 4.79 Å². The van der Waals surface area contributed by atoms with E-state index in [2.05, 4.69) is 0 Å². The van der Waals surface area contributed by atoms with Crippen molar-refractivity contribution in [1.82, 2.24) is 0 Å². The SMILES string of the molecule is N#CC1(C(=O)c2ccc(F)c(F)c2)COC1. The summed E-state index contributed by atoms with van der Waals surface area (Å²) in [6, 6.07) is 4.69. The zero-order valence-corrected chi connectivity index (χ0v) is 8.17. The van der Waals surface area contributed by atoms with E-state index in [1.165, 1.54) is 0 Å². The maximum Gasteiger partial charge on any atom is 0.187 e. The van der Waals surface area contributed by atoms with Crippen LogP contribution in [0, 0.1) is 28.4 Å². The second-order valence-corrected chi connectivity index (χ2v) is 3.64. The molecule has 1 fully saturated rings. The number of benzene rings is 1. The maximum atomic E-state index is 12.9. The van der Waals surface area contributed by atoms with Gasteiger partial charge in [-0.1, -0.05) is 0 Å². The third kappa shape index (κ3) is 1.48. The second kappa shape index (κ2) is 3.65. The van der Waals surface area contributed by atoms with Crippen LogP contribution in [0.5, 0.6) is 0 Å². The van der Waals surface area contributed by atoms with Gasteiger partial charge in [0.1, 0.15) is 0 Å². The largest absolute Gasteiger partial charge is 0.377 e. The number of rotatable bonds is 2. The molecule has 0 bridgehead atoms. The fraction of sp³-hybridized carbons (Fsp3) is 0.273. The van der Waals surface area contributed by atoms with Crippen LogP contribution in [0.3, 0.4) is 0 Å². The minimum absolute atomic E-state index is 0.00132. The monoisotopic (exact) mass is 223 g/mol. The Kier molecular flexibility index (Phi) is 2.44. The van der Waals surface area contributed by atoms with Gasteiger partial charge in [-0.15, -0.1) is 0 Å². The molecule has 16 heavy (non-hydrogen) atoms. The molecule has 1 aliphatic heterocycles. The molecule has 0 spiro atoms. The summed E-state index contributed by atoms with van der Waals surface area (Å²) < 4.78 is 30.4. The number of carbonyl (C=O) groups excluding carboxylic acids is 1. The zero-order valence-electron chi connectivity index (χ0n) is 8.17. The molecule has 0 saturated carbocycles. The Labute approximate surface area is 90.2 Å². The normalized spacial score (nSPS) is 17.3. The Morgan fingerprint density at radius 2 is 2.06 bits per heavy atom. The lowest BCUT2D eigenvalue weighted by atomic mass is 9.80. The zero-order chi connectivity index (χ0) is 11.8. The standard InChI is InChI=1S/C11H7F2NO2/c12-8-2-1-7(3-9(8)13)10(15)11(4-14)5-16-6-11/h1-3H,5-6H2. The molecule has 0 N–H and O–H groups in total. The number of ketones is 1. The van der Waals surface area contributed by atoms with Gasteiger partial charge in [0.2, 0.25) is 0 Å². The highest BCUT2D eigenvalue weighted by atomic mass is 19.2. The highest BCUT2D eigenvalue weighted by Gasteiger charge is 2.46. The Hall–Kier alpha value is -1.80. The van der Waals surface area contributed by atoms with Crippen molar-refractivity contribution in [3.63, 3.8) is 0 Å². The molecular formula is C11H7F2NO2. The molecule has 2 rings (SSSR count). The van der Waals surface area contributed by atoms with Crippen molar-refractivity contribution in [3.05, 3.63) is 35.4 Å². The van der Waals surface area contributed by atoms with E-state index in [9.17, 15) is 13.6 Å². The first-order chi connectivity index (χ1) is 7.59. The quantitative estimate of drug-likeness (QED) is 0.717. The van der Waals surface area contributed by atoms with Crippen LogP contribution in [0.2, 0.25) is 0 Å². The summed E-state index contributed by atoms with van der Waals surface area (Å²) in [6.45, 7) is 0.00264. The van der Waals surface area contributed by atoms with E-state index in [-0.39, 0.29) is 18.8 Å². The van der Waals surface area contributed by atoms with Crippen LogP contribution in [0.1, 0.15) is 10.4 Å². The first kappa shape index (κ1) is 10.7. The van der Waals surface area contributed by atoms with Crippen LogP contribution in [-0.4, -0.2) is 19.0 Å². The molecule has 5 heteroatoms. The van der Waals surface area contributed by atoms with Gasteiger partial charge in [-0.2, -0.15) is 5.26 Å². The minimum atomic E-state index is -1.23. The van der Waals surface area contributed by atoms with Gasteiger partial charge in [0.25, 0.3) is 0 Å². The van der Waals surface area contributed by atoms with Gasteiger partial charge < -0.3 is 4.74 Å². The number of hydrogen-bond acceptors (Lipinski definition) is 3. The lowest BCUT2D eigenvalue weighted by molar-refractivity contribution is -0.0566. The molecule has 0 unspecified atom stereocenters. The van der Waals surface area contributed by atoms with E-state index in [0.717, 1.165) is 18.2 Å². The van der Waals surface area contributed by atoms with E-state index in [4.69, 9.17) is 10.00 Å². The Morgan fingerprint density at radius 3 is 2.50 bits per heavy atom. The first-order valence-electron chi connectivity index (χ1n) is 4.58. The second-order valence-electron chi connectivity index (χ2n) is 3.64. The summed E-state index contributed by atoms with van der Waals surface area (Å²) in [5.41, 5.74) is -1.24. The predicted molar refractivity (Wildman–Crippen MR) is 49.6 cm³/mol. The smallest absolute Gasteiger partial charge is 0.187 e. The van der Waals surface area contributed by atoms with Crippen molar-refractivity contribution in [3.8, 4) is 6.07 Å². The molecule has 0 aliphatic carbocycles. The van der Waals surface area contributed by atoms with Crippen molar-refractivity contribution >= 4 is 5.78 Å². The number of Topliss-reactive ketones (excluding diaryl/α,β-unsaturated/α-hetero) is 1. The number of carbonyl (C=O) groups is 1. The highest BCUT2D eigenvalue weighted by Crippen LogP contribution is 2.31. The van der Waals surface area contributed by atoms with Crippen molar-refractivity contribution in [2.75, 3.05) is 13.2 Å². The maximum absolute atomic E-state index is 12.9. The fourth-order valence-corrected chi connectivity index (χ4v) is 1.47. The summed E-state index contributed by atoms with van der Waals surface area (Å²) in [6.07, 6.45) is 0. The molecule has 1 aromatic rings. The van der Waals surface area contributed by atoms with E-state index in [0.29, 0.717) is 0 Å². The summed E-state index contributed by atoms with van der Waals surface area (Å²) in [4.78, 5) is 11.9. The molecule has 82 valence electrons. The van der Waals surface area contributed by atoms with Crippen LogP contribution < -0.4 is 0 Å². The molecule has 1 aliphatic rings. The third-order valence-electron chi connectivity index (χ3n) is 2.53. The average molecular weight is 223 g/mol. The lowest BCUT2D eigenvalue weighted by Crippen LogP contribution is -2.47. The lowest BCUT2D eigenvalue weighted by Gasteiger charge is -2.33. The fourth-order valence-electron chi connectivity index (χ4n) is 1.47. The third-order valence-corrected chi connectivity index (χ3v) is 2.53. The predicted octanol–water partition coefficient (Wildman–Crippen LogP) is 1.69. The molecule has 0 atom stereocenters. The van der Waals surface area contributed by atoms with Gasteiger partial charge in [0.15, 0.2) is 22.8 Å². The van der Waals surface area contributed by atoms with Crippen LogP contribution in [-0.2, 0) is 4.74 Å². The Morgan fingerprint density at radius 1 is 1.38 bits per heavy atom. The number of ether oxygens (including phenoxy) is 1. The highest BCUT2D eigenvalue weighted by molar-refractivity contribution is 6.03. The van der Waals surface area contributed by atoms with Gasteiger partial charge in [-0.25, -0.2) is 8.78 Å². The molecule has 0 radical (unpaired) electrons.